The molecule has 1 aromatic heterocycles. The van der Waals surface area contributed by atoms with Crippen LogP contribution in [0.3, 0.4) is 0 Å². The lowest BCUT2D eigenvalue weighted by Crippen LogP contribution is -2.35. The maximum atomic E-state index is 13.0. The maximum Gasteiger partial charge on any atom is 0.490 e. The number of alkyl halides is 3. The average molecular weight is 556 g/mol. The standard InChI is InChI=1S/C23H28ClN5O2.C2HF3O2/c1-14-4-5-19(8-20(14)24)27-21(30)6-7-28-9-17-11-29(12-18(17)10-28)23(31)22-15(2)25-13-26-16(22)3;3-2(4,5)1(6)7/h4-5,8,13,17-18H,6-7,9-12H2,1-3H3,(H,27,30);(H,6,7). The van der Waals surface area contributed by atoms with Crippen LogP contribution in [0.2, 0.25) is 5.02 Å². The molecule has 2 unspecified atom stereocenters. The van der Waals surface area contributed by atoms with E-state index < -0.39 is 12.1 Å². The van der Waals surface area contributed by atoms with Gasteiger partial charge in [0.15, 0.2) is 0 Å². The summed E-state index contributed by atoms with van der Waals surface area (Å²) in [7, 11) is 0. The topological polar surface area (TPSA) is 116 Å². The molecule has 206 valence electrons. The number of aryl methyl sites for hydroxylation is 3. The molecule has 9 nitrogen and oxygen atoms in total. The predicted octanol–water partition coefficient (Wildman–Crippen LogP) is 3.72. The number of nitrogens with one attached hydrogen (secondary N) is 1. The van der Waals surface area contributed by atoms with E-state index in [0.717, 1.165) is 55.4 Å². The number of halogens is 4. The molecular formula is C25H29ClF3N5O4. The van der Waals surface area contributed by atoms with Gasteiger partial charge in [-0.2, -0.15) is 13.2 Å². The zero-order valence-electron chi connectivity index (χ0n) is 21.2. The van der Waals surface area contributed by atoms with Gasteiger partial charge in [0.2, 0.25) is 5.91 Å². The number of fused-ring (bicyclic) bond motifs is 1. The monoisotopic (exact) mass is 555 g/mol. The smallest absolute Gasteiger partial charge is 0.475 e. The van der Waals surface area contributed by atoms with Crippen molar-refractivity contribution in [3.05, 3.63) is 52.1 Å². The molecule has 2 N–H and O–H groups in total. The van der Waals surface area contributed by atoms with Crippen molar-refractivity contribution in [2.24, 2.45) is 11.8 Å². The van der Waals surface area contributed by atoms with Crippen molar-refractivity contribution < 1.29 is 32.7 Å². The Morgan fingerprint density at radius 2 is 1.61 bits per heavy atom. The number of carbonyl (C=O) groups is 3. The normalized spacial score (nSPS) is 19.0. The van der Waals surface area contributed by atoms with Gasteiger partial charge in [-0.3, -0.25) is 9.59 Å². The Morgan fingerprint density at radius 1 is 1.05 bits per heavy atom. The summed E-state index contributed by atoms with van der Waals surface area (Å²) >= 11 is 6.13. The average Bonchev–Trinajstić information content (AvgIpc) is 3.39. The van der Waals surface area contributed by atoms with Crippen molar-refractivity contribution in [3.63, 3.8) is 0 Å². The molecule has 2 aromatic rings. The number of carboxylic acids is 1. The molecule has 2 amide bonds. The Bertz CT molecular complexity index is 1180. The minimum Gasteiger partial charge on any atom is -0.475 e. The van der Waals surface area contributed by atoms with Crippen molar-refractivity contribution >= 4 is 35.1 Å². The van der Waals surface area contributed by atoms with E-state index in [-0.39, 0.29) is 11.8 Å². The highest BCUT2D eigenvalue weighted by atomic mass is 35.5. The highest BCUT2D eigenvalue weighted by Gasteiger charge is 2.42. The van der Waals surface area contributed by atoms with Gasteiger partial charge in [-0.05, 0) is 50.3 Å². The van der Waals surface area contributed by atoms with Gasteiger partial charge < -0.3 is 20.2 Å². The molecule has 2 fully saturated rings. The number of amides is 2. The van der Waals surface area contributed by atoms with E-state index in [4.69, 9.17) is 21.5 Å². The van der Waals surface area contributed by atoms with E-state index in [2.05, 4.69) is 20.2 Å². The second kappa shape index (κ2) is 12.1. The quantitative estimate of drug-likeness (QED) is 0.577. The van der Waals surface area contributed by atoms with Crippen LogP contribution in [0, 0.1) is 32.6 Å². The molecule has 0 saturated carbocycles. The molecule has 2 aliphatic heterocycles. The van der Waals surface area contributed by atoms with E-state index >= 15 is 0 Å². The molecule has 0 radical (unpaired) electrons. The third kappa shape index (κ3) is 7.41. The Hall–Kier alpha value is -3.25. The molecule has 0 bridgehead atoms. The molecule has 0 spiro atoms. The van der Waals surface area contributed by atoms with Crippen LogP contribution in [0.25, 0.3) is 0 Å². The Kier molecular flexibility index (Phi) is 9.31. The summed E-state index contributed by atoms with van der Waals surface area (Å²) in [5.74, 6) is -1.83. The van der Waals surface area contributed by atoms with Crippen LogP contribution in [0.5, 0.6) is 0 Å². The number of hydrogen-bond donors (Lipinski definition) is 2. The van der Waals surface area contributed by atoms with Crippen LogP contribution >= 0.6 is 11.6 Å². The second-order valence-electron chi connectivity index (χ2n) is 9.47. The first-order chi connectivity index (χ1) is 17.8. The molecular weight excluding hydrogens is 527 g/mol. The molecule has 1 aromatic carbocycles. The Balaban J connectivity index is 0.000000505. The maximum absolute atomic E-state index is 13.0. The Morgan fingerprint density at radius 3 is 2.11 bits per heavy atom. The van der Waals surface area contributed by atoms with Crippen molar-refractivity contribution in [2.45, 2.75) is 33.4 Å². The van der Waals surface area contributed by atoms with Crippen LogP contribution in [-0.4, -0.2) is 81.6 Å². The number of aromatic nitrogens is 2. The summed E-state index contributed by atoms with van der Waals surface area (Å²) in [6, 6.07) is 5.55. The van der Waals surface area contributed by atoms with E-state index in [1.54, 1.807) is 6.07 Å². The number of likely N-dealkylation sites (tertiary alicyclic amines) is 2. The van der Waals surface area contributed by atoms with Crippen molar-refractivity contribution in [1.29, 1.82) is 0 Å². The minimum atomic E-state index is -5.08. The lowest BCUT2D eigenvalue weighted by Gasteiger charge is -2.22. The molecule has 3 heterocycles. The highest BCUT2D eigenvalue weighted by Crippen LogP contribution is 2.32. The fraction of sp³-hybridized carbons (Fsp3) is 0.480. The van der Waals surface area contributed by atoms with E-state index in [1.165, 1.54) is 6.33 Å². The van der Waals surface area contributed by atoms with Gasteiger partial charge in [0, 0.05) is 49.9 Å². The predicted molar refractivity (Wildman–Crippen MR) is 134 cm³/mol. The van der Waals surface area contributed by atoms with Crippen molar-refractivity contribution in [2.75, 3.05) is 38.0 Å². The van der Waals surface area contributed by atoms with Crippen LogP contribution < -0.4 is 5.32 Å². The van der Waals surface area contributed by atoms with E-state index in [1.807, 2.05) is 37.8 Å². The lowest BCUT2D eigenvalue weighted by molar-refractivity contribution is -0.192. The first kappa shape index (κ1) is 29.3. The van der Waals surface area contributed by atoms with E-state index in [9.17, 15) is 22.8 Å². The second-order valence-corrected chi connectivity index (χ2v) is 9.88. The number of carbonyl (C=O) groups excluding carboxylic acids is 2. The first-order valence-corrected chi connectivity index (χ1v) is 12.3. The number of carboxylic acid groups (broad SMARTS) is 1. The third-order valence-electron chi connectivity index (χ3n) is 6.64. The zero-order chi connectivity index (χ0) is 28.2. The number of rotatable bonds is 5. The molecule has 4 rings (SSSR count). The van der Waals surface area contributed by atoms with Gasteiger partial charge >= 0.3 is 12.1 Å². The number of nitrogens with zero attached hydrogens (tertiary/aromatic N) is 4. The van der Waals surface area contributed by atoms with Crippen molar-refractivity contribution in [1.82, 2.24) is 19.8 Å². The van der Waals surface area contributed by atoms with Gasteiger partial charge in [0.25, 0.3) is 5.91 Å². The summed E-state index contributed by atoms with van der Waals surface area (Å²) in [5, 5.41) is 10.7. The van der Waals surface area contributed by atoms with Gasteiger partial charge in [0.1, 0.15) is 6.33 Å². The number of anilines is 1. The molecule has 38 heavy (non-hydrogen) atoms. The summed E-state index contributed by atoms with van der Waals surface area (Å²) in [6.07, 6.45) is -3.14. The zero-order valence-corrected chi connectivity index (χ0v) is 21.9. The first-order valence-electron chi connectivity index (χ1n) is 11.9. The highest BCUT2D eigenvalue weighted by molar-refractivity contribution is 6.31. The van der Waals surface area contributed by atoms with Gasteiger partial charge in [-0.15, -0.1) is 0 Å². The fourth-order valence-electron chi connectivity index (χ4n) is 4.65. The number of hydrogen-bond acceptors (Lipinski definition) is 6. The summed E-state index contributed by atoms with van der Waals surface area (Å²) in [5.41, 5.74) is 3.81. The van der Waals surface area contributed by atoms with Crippen LogP contribution in [-0.2, 0) is 9.59 Å². The number of benzene rings is 1. The Labute approximate surface area is 223 Å². The van der Waals surface area contributed by atoms with Gasteiger partial charge in [-0.1, -0.05) is 17.7 Å². The van der Waals surface area contributed by atoms with Crippen LogP contribution in [0.1, 0.15) is 33.7 Å². The van der Waals surface area contributed by atoms with Gasteiger partial charge in [0.05, 0.1) is 17.0 Å². The van der Waals surface area contributed by atoms with Crippen LogP contribution in [0.15, 0.2) is 24.5 Å². The molecule has 2 aliphatic rings. The molecule has 2 saturated heterocycles. The molecule has 13 heteroatoms. The largest absolute Gasteiger partial charge is 0.490 e. The number of aliphatic carboxylic acids is 1. The van der Waals surface area contributed by atoms with E-state index in [0.29, 0.717) is 28.8 Å². The minimum absolute atomic E-state index is 0.0104. The third-order valence-corrected chi connectivity index (χ3v) is 7.05. The molecule has 2 atom stereocenters. The molecule has 0 aliphatic carbocycles. The van der Waals surface area contributed by atoms with Crippen molar-refractivity contribution in [3.8, 4) is 0 Å². The summed E-state index contributed by atoms with van der Waals surface area (Å²) in [4.78, 5) is 46.9. The lowest BCUT2D eigenvalue weighted by atomic mass is 10.0. The fourth-order valence-corrected chi connectivity index (χ4v) is 4.83. The summed E-state index contributed by atoms with van der Waals surface area (Å²) in [6.45, 7) is 9.71. The van der Waals surface area contributed by atoms with Gasteiger partial charge in [-0.25, -0.2) is 14.8 Å². The van der Waals surface area contributed by atoms with Crippen LogP contribution in [0.4, 0.5) is 18.9 Å². The SMILES string of the molecule is Cc1ccc(NC(=O)CCN2CC3CN(C(=O)c4c(C)ncnc4C)CC3C2)cc1Cl.O=C(O)C(F)(F)F. The summed E-state index contributed by atoms with van der Waals surface area (Å²) < 4.78 is 31.7.